The third kappa shape index (κ3) is 1.71. The summed E-state index contributed by atoms with van der Waals surface area (Å²) in [6.07, 6.45) is 3.95. The van der Waals surface area contributed by atoms with Crippen molar-refractivity contribution in [3.8, 4) is 0 Å². The maximum Gasteiger partial charge on any atom is 0.0756 e. The van der Waals surface area contributed by atoms with E-state index in [1.165, 1.54) is 25.8 Å². The van der Waals surface area contributed by atoms with Crippen LogP contribution in [-0.4, -0.2) is 15.4 Å². The van der Waals surface area contributed by atoms with Gasteiger partial charge in [-0.05, 0) is 19.3 Å². The molecule has 1 aliphatic rings. The van der Waals surface area contributed by atoms with Crippen molar-refractivity contribution < 1.29 is 0 Å². The van der Waals surface area contributed by atoms with E-state index in [1.54, 1.807) is 0 Å². The summed E-state index contributed by atoms with van der Waals surface area (Å²) in [7, 11) is 0. The summed E-state index contributed by atoms with van der Waals surface area (Å²) < 4.78 is 2.16. The Kier molecular flexibility index (Phi) is 2.80. The smallest absolute Gasteiger partial charge is 0.0756 e. The minimum atomic E-state index is 0.566. The molecule has 1 nitrogen and oxygen atoms in total. The van der Waals surface area contributed by atoms with E-state index < -0.39 is 0 Å². The van der Waals surface area contributed by atoms with Gasteiger partial charge in [-0.1, -0.05) is 15.9 Å². The largest absolute Gasteiger partial charge is 0.229 e. The number of alkyl halides is 1. The lowest BCUT2D eigenvalue weighted by atomic mass is 10.2. The van der Waals surface area contributed by atoms with Crippen molar-refractivity contribution >= 4 is 32.1 Å². The van der Waals surface area contributed by atoms with Gasteiger partial charge in [0.15, 0.2) is 0 Å². The molecule has 0 aromatic rings. The summed E-state index contributed by atoms with van der Waals surface area (Å²) in [4.78, 5) is 0.566. The van der Waals surface area contributed by atoms with E-state index in [9.17, 15) is 0 Å². The molecule has 0 saturated carbocycles. The van der Waals surface area contributed by atoms with Crippen LogP contribution < -0.4 is 0 Å². The third-order valence-corrected chi connectivity index (χ3v) is 3.72. The lowest BCUT2D eigenvalue weighted by Gasteiger charge is -2.25. The van der Waals surface area contributed by atoms with Gasteiger partial charge in [0.05, 0.1) is 4.95 Å². The molecule has 1 atom stereocenters. The monoisotopic (exact) mass is 241 g/mol. The van der Waals surface area contributed by atoms with Gasteiger partial charge in [-0.3, -0.25) is 0 Å². The highest BCUT2D eigenvalue weighted by molar-refractivity contribution is 9.11. The average molecular weight is 243 g/mol. The summed E-state index contributed by atoms with van der Waals surface area (Å²) in [5, 5.41) is 0. The van der Waals surface area contributed by atoms with Crippen LogP contribution in [0.2, 0.25) is 0 Å². The highest BCUT2D eigenvalue weighted by atomic mass is 79.9. The number of piperidine rings is 1. The fraction of sp³-hybridized carbons (Fsp3) is 1.00. The predicted octanol–water partition coefficient (Wildman–Crippen LogP) is 2.50. The lowest BCUT2D eigenvalue weighted by Crippen LogP contribution is -2.26. The molecule has 8 heavy (non-hydrogen) atoms. The molecule has 0 aliphatic carbocycles. The molecule has 1 unspecified atom stereocenters. The van der Waals surface area contributed by atoms with E-state index in [4.69, 9.17) is 0 Å². The van der Waals surface area contributed by atoms with E-state index in [0.717, 1.165) is 0 Å². The minimum absolute atomic E-state index is 0.566. The van der Waals surface area contributed by atoms with Crippen molar-refractivity contribution in [1.82, 2.24) is 3.93 Å². The van der Waals surface area contributed by atoms with E-state index in [0.29, 0.717) is 4.95 Å². The molecule has 0 amide bonds. The van der Waals surface area contributed by atoms with Gasteiger partial charge in [0, 0.05) is 22.7 Å². The van der Waals surface area contributed by atoms with Gasteiger partial charge in [-0.2, -0.15) is 0 Å². The fourth-order valence-corrected chi connectivity index (χ4v) is 1.84. The highest BCUT2D eigenvalue weighted by Gasteiger charge is 2.15. The van der Waals surface area contributed by atoms with E-state index >= 15 is 0 Å². The molecule has 1 rings (SSSR count). The summed E-state index contributed by atoms with van der Waals surface area (Å²) in [6, 6.07) is 0. The Labute approximate surface area is 66.9 Å². The quantitative estimate of drug-likeness (QED) is 0.359. The zero-order valence-electron chi connectivity index (χ0n) is 4.61. The van der Waals surface area contributed by atoms with E-state index in [2.05, 4.69) is 36.0 Å². The van der Waals surface area contributed by atoms with Crippen molar-refractivity contribution in [3.05, 3.63) is 0 Å². The summed E-state index contributed by atoms with van der Waals surface area (Å²) in [6.45, 7) is 1.18. The third-order valence-electron chi connectivity index (χ3n) is 1.37. The SMILES string of the molecule is BrC1CCCCN1Br. The molecule has 0 spiro atoms. The van der Waals surface area contributed by atoms with Crippen molar-refractivity contribution in [2.24, 2.45) is 0 Å². The molecule has 0 aromatic carbocycles. The predicted molar refractivity (Wildman–Crippen MR) is 42.2 cm³/mol. The molecule has 48 valence electrons. The second kappa shape index (κ2) is 3.18. The second-order valence-corrected chi connectivity index (χ2v) is 4.02. The van der Waals surface area contributed by atoms with Gasteiger partial charge in [-0.25, -0.2) is 3.93 Å². The van der Waals surface area contributed by atoms with E-state index in [1.807, 2.05) is 0 Å². The Morgan fingerprint density at radius 2 is 2.12 bits per heavy atom. The van der Waals surface area contributed by atoms with Gasteiger partial charge in [0.1, 0.15) is 0 Å². The molecule has 3 heteroatoms. The number of nitrogens with zero attached hydrogens (tertiary/aromatic N) is 1. The average Bonchev–Trinajstić information content (AvgIpc) is 1.77. The Morgan fingerprint density at radius 1 is 1.38 bits per heavy atom. The topological polar surface area (TPSA) is 3.24 Å². The molecular weight excluding hydrogens is 234 g/mol. The number of halogens is 2. The standard InChI is InChI=1S/C5H9Br2N/c6-5-3-1-2-4-8(5)7/h5H,1-4H2. The number of rotatable bonds is 0. The summed E-state index contributed by atoms with van der Waals surface area (Å²) in [5.41, 5.74) is 0. The molecule has 1 heterocycles. The Bertz CT molecular complexity index is 66.8. The van der Waals surface area contributed by atoms with Gasteiger partial charge in [0.25, 0.3) is 0 Å². The van der Waals surface area contributed by atoms with Crippen molar-refractivity contribution in [2.75, 3.05) is 6.54 Å². The van der Waals surface area contributed by atoms with Crippen LogP contribution in [0.15, 0.2) is 0 Å². The van der Waals surface area contributed by atoms with Gasteiger partial charge in [-0.15, -0.1) is 0 Å². The van der Waals surface area contributed by atoms with Crippen LogP contribution in [0, 0.1) is 0 Å². The zero-order valence-corrected chi connectivity index (χ0v) is 7.78. The maximum absolute atomic E-state index is 3.53. The van der Waals surface area contributed by atoms with Crippen LogP contribution in [0.4, 0.5) is 0 Å². The van der Waals surface area contributed by atoms with Gasteiger partial charge < -0.3 is 0 Å². The van der Waals surface area contributed by atoms with Crippen LogP contribution in [-0.2, 0) is 0 Å². The van der Waals surface area contributed by atoms with Crippen LogP contribution in [0.1, 0.15) is 19.3 Å². The molecule has 0 radical (unpaired) electrons. The maximum atomic E-state index is 3.53. The first-order valence-corrected chi connectivity index (χ1v) is 4.49. The Morgan fingerprint density at radius 3 is 2.50 bits per heavy atom. The molecule has 1 fully saturated rings. The van der Waals surface area contributed by atoms with Gasteiger partial charge in [0.2, 0.25) is 0 Å². The molecular formula is C5H9Br2N. The minimum Gasteiger partial charge on any atom is -0.229 e. The Hall–Kier alpha value is 0.920. The van der Waals surface area contributed by atoms with Crippen molar-refractivity contribution in [1.29, 1.82) is 0 Å². The van der Waals surface area contributed by atoms with Crippen molar-refractivity contribution in [3.63, 3.8) is 0 Å². The highest BCUT2D eigenvalue weighted by Crippen LogP contribution is 2.23. The molecule has 1 saturated heterocycles. The first kappa shape index (κ1) is 7.03. The van der Waals surface area contributed by atoms with Crippen LogP contribution in [0.25, 0.3) is 0 Å². The lowest BCUT2D eigenvalue weighted by molar-refractivity contribution is 0.370. The first-order valence-electron chi connectivity index (χ1n) is 2.87. The van der Waals surface area contributed by atoms with Crippen LogP contribution in [0.3, 0.4) is 0 Å². The summed E-state index contributed by atoms with van der Waals surface area (Å²) >= 11 is 6.97. The normalized spacial score (nSPS) is 33.0. The van der Waals surface area contributed by atoms with E-state index in [-0.39, 0.29) is 0 Å². The number of hydrogen-bond donors (Lipinski definition) is 0. The van der Waals surface area contributed by atoms with Crippen LogP contribution in [0.5, 0.6) is 0 Å². The summed E-state index contributed by atoms with van der Waals surface area (Å²) in [5.74, 6) is 0. The molecule has 1 aliphatic heterocycles. The molecule has 0 aromatic heterocycles. The molecule has 0 bridgehead atoms. The van der Waals surface area contributed by atoms with Crippen molar-refractivity contribution in [2.45, 2.75) is 24.2 Å². The second-order valence-electron chi connectivity index (χ2n) is 2.05. The number of hydrogen-bond acceptors (Lipinski definition) is 1. The Balaban J connectivity index is 2.28. The molecule has 0 N–H and O–H groups in total. The first-order chi connectivity index (χ1) is 3.80. The van der Waals surface area contributed by atoms with Gasteiger partial charge >= 0.3 is 0 Å². The zero-order chi connectivity index (χ0) is 5.98. The fourth-order valence-electron chi connectivity index (χ4n) is 0.856. The van der Waals surface area contributed by atoms with Crippen LogP contribution >= 0.6 is 32.1 Å².